The van der Waals surface area contributed by atoms with Crippen LogP contribution in [0.2, 0.25) is 5.02 Å². The molecule has 0 radical (unpaired) electrons. The van der Waals surface area contributed by atoms with Gasteiger partial charge in [-0.25, -0.2) is 8.42 Å². The van der Waals surface area contributed by atoms with Gasteiger partial charge < -0.3 is 0 Å². The summed E-state index contributed by atoms with van der Waals surface area (Å²) in [5, 5.41) is 0.399. The third-order valence-electron chi connectivity index (χ3n) is 4.28. The van der Waals surface area contributed by atoms with Gasteiger partial charge in [-0.05, 0) is 55.7 Å². The molecule has 0 aliphatic carbocycles. The third-order valence-corrected chi connectivity index (χ3v) is 5.99. The number of hydrogen-bond donors (Lipinski definition) is 3. The van der Waals surface area contributed by atoms with Gasteiger partial charge in [0.2, 0.25) is 10.0 Å². The van der Waals surface area contributed by atoms with Crippen molar-refractivity contribution in [1.82, 2.24) is 15.6 Å². The number of rotatable bonds is 6. The summed E-state index contributed by atoms with van der Waals surface area (Å²) >= 11 is 5.79. The smallest absolute Gasteiger partial charge is 0.269 e. The van der Waals surface area contributed by atoms with Gasteiger partial charge in [-0.15, -0.1) is 0 Å². The monoisotopic (exact) mass is 437 g/mol. The molecule has 0 saturated heterocycles. The maximum atomic E-state index is 12.6. The summed E-state index contributed by atoms with van der Waals surface area (Å²) < 4.78 is 27.5. The molecule has 9 heteroatoms. The highest BCUT2D eigenvalue weighted by Gasteiger charge is 2.28. The van der Waals surface area contributed by atoms with Crippen LogP contribution < -0.4 is 15.6 Å². The van der Waals surface area contributed by atoms with E-state index < -0.39 is 27.9 Å². The second-order valence-electron chi connectivity index (χ2n) is 7.06. The first kappa shape index (κ1) is 22.9. The highest BCUT2D eigenvalue weighted by atomic mass is 35.5. The van der Waals surface area contributed by atoms with Crippen molar-refractivity contribution < 1.29 is 18.0 Å². The van der Waals surface area contributed by atoms with E-state index >= 15 is 0 Å². The number of benzene rings is 2. The summed E-state index contributed by atoms with van der Waals surface area (Å²) in [5.74, 6) is -1.52. The number of amides is 2. The lowest BCUT2D eigenvalue weighted by molar-refractivity contribution is -0.124. The highest BCUT2D eigenvalue weighted by Crippen LogP contribution is 2.16. The normalized spacial score (nSPS) is 12.5. The lowest BCUT2D eigenvalue weighted by atomic mass is 10.1. The number of sulfonamides is 1. The van der Waals surface area contributed by atoms with Gasteiger partial charge in [-0.3, -0.25) is 20.4 Å². The minimum atomic E-state index is -3.95. The quantitative estimate of drug-likeness (QED) is 0.604. The Morgan fingerprint density at radius 3 is 2.14 bits per heavy atom. The van der Waals surface area contributed by atoms with E-state index in [1.807, 2.05) is 13.0 Å². The summed E-state index contributed by atoms with van der Waals surface area (Å²) in [4.78, 5) is 24.9. The molecule has 1 atom stereocenters. The Morgan fingerprint density at radius 2 is 1.59 bits per heavy atom. The number of hydrazine groups is 1. The van der Waals surface area contributed by atoms with Crippen LogP contribution in [0.4, 0.5) is 0 Å². The molecule has 0 fully saturated rings. The van der Waals surface area contributed by atoms with E-state index in [1.54, 1.807) is 32.9 Å². The number of carbonyl (C=O) groups is 2. The molecule has 29 heavy (non-hydrogen) atoms. The molecule has 0 heterocycles. The third kappa shape index (κ3) is 6.03. The van der Waals surface area contributed by atoms with Crippen LogP contribution in [-0.4, -0.2) is 26.3 Å². The van der Waals surface area contributed by atoms with Gasteiger partial charge in [0.15, 0.2) is 0 Å². The molecule has 156 valence electrons. The van der Waals surface area contributed by atoms with E-state index in [1.165, 1.54) is 24.3 Å². The van der Waals surface area contributed by atoms with Crippen LogP contribution in [-0.2, 0) is 14.8 Å². The zero-order valence-corrected chi connectivity index (χ0v) is 18.2. The molecule has 0 bridgehead atoms. The zero-order chi connectivity index (χ0) is 21.8. The largest absolute Gasteiger partial charge is 0.271 e. The molecule has 2 amide bonds. The molecule has 3 N–H and O–H groups in total. The van der Waals surface area contributed by atoms with E-state index in [9.17, 15) is 18.0 Å². The average molecular weight is 438 g/mol. The topological polar surface area (TPSA) is 104 Å². The van der Waals surface area contributed by atoms with Crippen molar-refractivity contribution in [2.45, 2.75) is 38.6 Å². The first-order valence-electron chi connectivity index (χ1n) is 8.96. The van der Waals surface area contributed by atoms with Gasteiger partial charge >= 0.3 is 0 Å². The fraction of sp³-hybridized carbons (Fsp3) is 0.300. The van der Waals surface area contributed by atoms with Gasteiger partial charge in [0.25, 0.3) is 11.8 Å². The van der Waals surface area contributed by atoms with Crippen LogP contribution in [0.15, 0.2) is 47.4 Å². The Morgan fingerprint density at radius 1 is 0.966 bits per heavy atom. The molecule has 0 unspecified atom stereocenters. The predicted molar refractivity (Wildman–Crippen MR) is 112 cm³/mol. The van der Waals surface area contributed by atoms with Crippen LogP contribution >= 0.6 is 11.6 Å². The van der Waals surface area contributed by atoms with Crippen molar-refractivity contribution in [2.75, 3.05) is 0 Å². The fourth-order valence-corrected chi connectivity index (χ4v) is 4.14. The minimum Gasteiger partial charge on any atom is -0.271 e. The van der Waals surface area contributed by atoms with E-state index in [0.29, 0.717) is 10.6 Å². The van der Waals surface area contributed by atoms with Crippen molar-refractivity contribution >= 4 is 33.4 Å². The number of hydrogen-bond acceptors (Lipinski definition) is 4. The van der Waals surface area contributed by atoms with Crippen LogP contribution in [0, 0.1) is 19.8 Å². The number of aryl methyl sites for hydroxylation is 2. The molecule has 0 aliphatic rings. The Balaban J connectivity index is 2.09. The number of carbonyl (C=O) groups excluding carboxylic acids is 2. The van der Waals surface area contributed by atoms with Crippen molar-refractivity contribution in [2.24, 2.45) is 5.92 Å². The number of halogens is 1. The second-order valence-corrected chi connectivity index (χ2v) is 9.21. The lowest BCUT2D eigenvalue weighted by Crippen LogP contribution is -2.54. The van der Waals surface area contributed by atoms with Crippen molar-refractivity contribution in [3.63, 3.8) is 0 Å². The Kier molecular flexibility index (Phi) is 7.40. The van der Waals surface area contributed by atoms with E-state index in [0.717, 1.165) is 11.1 Å². The summed E-state index contributed by atoms with van der Waals surface area (Å²) in [5.41, 5.74) is 6.83. The Bertz CT molecular complexity index is 1000. The molecule has 2 rings (SSSR count). The molecular weight excluding hydrogens is 414 g/mol. The first-order chi connectivity index (χ1) is 13.5. The predicted octanol–water partition coefficient (Wildman–Crippen LogP) is 2.72. The van der Waals surface area contributed by atoms with E-state index in [-0.39, 0.29) is 10.8 Å². The Labute approximate surface area is 175 Å². The van der Waals surface area contributed by atoms with Crippen LogP contribution in [0.25, 0.3) is 0 Å². The molecule has 7 nitrogen and oxygen atoms in total. The van der Waals surface area contributed by atoms with Gasteiger partial charge in [0.1, 0.15) is 6.04 Å². The second kappa shape index (κ2) is 9.39. The molecular formula is C20H24ClN3O4S. The Hall–Kier alpha value is -2.42. The minimum absolute atomic E-state index is 0.0142. The van der Waals surface area contributed by atoms with E-state index in [2.05, 4.69) is 15.6 Å². The molecule has 0 saturated carbocycles. The average Bonchev–Trinajstić information content (AvgIpc) is 2.64. The molecule has 2 aromatic rings. The zero-order valence-electron chi connectivity index (χ0n) is 16.6. The van der Waals surface area contributed by atoms with Crippen molar-refractivity contribution in [1.29, 1.82) is 0 Å². The SMILES string of the molecule is Cc1ccc(C(=O)NNC(=O)[C@@H](NS(=O)(=O)c2ccc(Cl)cc2)C(C)C)c(C)c1. The van der Waals surface area contributed by atoms with Crippen molar-refractivity contribution in [3.8, 4) is 0 Å². The maximum absolute atomic E-state index is 12.6. The van der Waals surface area contributed by atoms with Crippen LogP contribution in [0.1, 0.15) is 35.3 Å². The summed E-state index contributed by atoms with van der Waals surface area (Å²) in [6.45, 7) is 7.10. The van der Waals surface area contributed by atoms with Crippen molar-refractivity contribution in [3.05, 3.63) is 64.2 Å². The standard InChI is InChI=1S/C20H24ClN3O4S/c1-12(2)18(24-29(27,28)16-8-6-15(21)7-9-16)20(26)23-22-19(25)17-10-5-13(3)11-14(17)4/h5-12,18,24H,1-4H3,(H,22,25)(H,23,26)/t18-/m0/s1. The first-order valence-corrected chi connectivity index (χ1v) is 10.8. The molecule has 0 aliphatic heterocycles. The summed E-state index contributed by atoms with van der Waals surface area (Å²) in [7, 11) is -3.95. The van der Waals surface area contributed by atoms with Gasteiger partial charge in [-0.2, -0.15) is 4.72 Å². The van der Waals surface area contributed by atoms with Crippen LogP contribution in [0.5, 0.6) is 0 Å². The van der Waals surface area contributed by atoms with Gasteiger partial charge in [0.05, 0.1) is 4.90 Å². The molecule has 0 aromatic heterocycles. The maximum Gasteiger partial charge on any atom is 0.269 e. The summed E-state index contributed by atoms with van der Waals surface area (Å²) in [6.07, 6.45) is 0. The fourth-order valence-electron chi connectivity index (χ4n) is 2.67. The van der Waals surface area contributed by atoms with Gasteiger partial charge in [-0.1, -0.05) is 43.1 Å². The number of nitrogens with one attached hydrogen (secondary N) is 3. The lowest BCUT2D eigenvalue weighted by Gasteiger charge is -2.22. The van der Waals surface area contributed by atoms with E-state index in [4.69, 9.17) is 11.6 Å². The van der Waals surface area contributed by atoms with Gasteiger partial charge in [0, 0.05) is 10.6 Å². The highest BCUT2D eigenvalue weighted by molar-refractivity contribution is 7.89. The van der Waals surface area contributed by atoms with Crippen LogP contribution in [0.3, 0.4) is 0 Å². The summed E-state index contributed by atoms with van der Waals surface area (Å²) in [6, 6.07) is 9.82. The molecule has 2 aromatic carbocycles. The molecule has 0 spiro atoms.